The van der Waals surface area contributed by atoms with Crippen LogP contribution >= 0.6 is 12.2 Å². The van der Waals surface area contributed by atoms with Crippen LogP contribution in [-0.2, 0) is 10.9 Å². The number of hydrogen-bond donors (Lipinski definition) is 2. The van der Waals surface area contributed by atoms with Gasteiger partial charge in [0.05, 0.1) is 12.2 Å². The fraction of sp³-hybridized carbons (Fsp3) is 0.462. The molecule has 1 atom stereocenters. The Kier molecular flexibility index (Phi) is 7.00. The van der Waals surface area contributed by atoms with E-state index in [1.54, 1.807) is 0 Å². The van der Waals surface area contributed by atoms with Gasteiger partial charge in [-0.3, -0.25) is 5.32 Å². The van der Waals surface area contributed by atoms with Gasteiger partial charge in [-0.1, -0.05) is 0 Å². The molecule has 2 N–H and O–H groups in total. The average molecular weight is 405 g/mol. The molecule has 0 fully saturated rings. The van der Waals surface area contributed by atoms with Crippen LogP contribution in [-0.4, -0.2) is 35.1 Å². The van der Waals surface area contributed by atoms with Crippen LogP contribution in [0.15, 0.2) is 12.1 Å². The van der Waals surface area contributed by atoms with Crippen LogP contribution in [0.2, 0.25) is 0 Å². The maximum atomic E-state index is 13.0. The largest absolute Gasteiger partial charge is 0.465 e. The number of alkyl carbamates (subject to hydrolysis) is 1. The van der Waals surface area contributed by atoms with Gasteiger partial charge in [0.2, 0.25) is 5.88 Å². The molecule has 0 aromatic carbocycles. The van der Waals surface area contributed by atoms with Crippen LogP contribution in [0.5, 0.6) is 5.88 Å². The summed E-state index contributed by atoms with van der Waals surface area (Å²) >= 11 is 4.65. The third kappa shape index (κ3) is 6.54. The lowest BCUT2D eigenvalue weighted by Gasteiger charge is -2.19. The summed E-state index contributed by atoms with van der Waals surface area (Å²) in [4.78, 5) is 14.5. The minimum Gasteiger partial charge on any atom is -0.465 e. The average Bonchev–Trinajstić information content (AvgIpc) is 2.45. The van der Waals surface area contributed by atoms with Crippen LogP contribution < -0.4 is 15.4 Å². The first-order valence-corrected chi connectivity index (χ1v) is 7.31. The minimum atomic E-state index is -4.89. The van der Waals surface area contributed by atoms with Gasteiger partial charge in [0.15, 0.2) is 11.2 Å². The molecule has 1 unspecified atom stereocenters. The van der Waals surface area contributed by atoms with Gasteiger partial charge in [0, 0.05) is 6.07 Å². The smallest absolute Gasteiger partial charge is 0.425 e. The number of rotatable bonds is 4. The van der Waals surface area contributed by atoms with Gasteiger partial charge in [0.1, 0.15) is 5.82 Å². The molecule has 6 nitrogen and oxygen atoms in total. The molecule has 1 aromatic rings. The number of alkyl halides is 6. The number of nitrogens with one attached hydrogen (secondary N) is 2. The second kappa shape index (κ2) is 8.38. The van der Waals surface area contributed by atoms with Gasteiger partial charge in [-0.25, -0.2) is 4.79 Å². The van der Waals surface area contributed by atoms with E-state index in [1.165, 1.54) is 6.92 Å². The molecular formula is C13H13F6N3O3S. The Morgan fingerprint density at radius 1 is 1.27 bits per heavy atom. The Balaban J connectivity index is 3.07. The highest BCUT2D eigenvalue weighted by Crippen LogP contribution is 2.35. The van der Waals surface area contributed by atoms with E-state index in [0.29, 0.717) is 19.1 Å². The zero-order valence-corrected chi connectivity index (χ0v) is 14.1. The van der Waals surface area contributed by atoms with Crippen molar-refractivity contribution < 1.29 is 40.6 Å². The summed E-state index contributed by atoms with van der Waals surface area (Å²) in [6, 6.07) is 1.11. The highest BCUT2D eigenvalue weighted by molar-refractivity contribution is 7.80. The summed E-state index contributed by atoms with van der Waals surface area (Å²) in [6.07, 6.45) is -13.0. The number of ether oxygens (including phenoxy) is 2. The lowest BCUT2D eigenvalue weighted by atomic mass is 10.2. The molecule has 1 amide bonds. The summed E-state index contributed by atoms with van der Waals surface area (Å²) in [5, 5.41) is 3.31. The van der Waals surface area contributed by atoms with Crippen molar-refractivity contribution in [3.8, 4) is 5.88 Å². The molecule has 0 bridgehead atoms. The normalized spacial score (nSPS) is 12.9. The van der Waals surface area contributed by atoms with Gasteiger partial charge < -0.3 is 14.8 Å². The Bertz CT molecular complexity index is 666. The summed E-state index contributed by atoms with van der Waals surface area (Å²) < 4.78 is 85.5. The molecular weight excluding hydrogens is 392 g/mol. The van der Waals surface area contributed by atoms with Gasteiger partial charge in [-0.15, -0.1) is 0 Å². The minimum absolute atomic E-state index is 0.0147. The molecule has 0 radical (unpaired) electrons. The maximum Gasteiger partial charge on any atom is 0.425 e. The molecule has 0 saturated heterocycles. The van der Waals surface area contributed by atoms with E-state index in [0.717, 1.165) is 0 Å². The van der Waals surface area contributed by atoms with E-state index in [1.807, 2.05) is 10.6 Å². The first-order chi connectivity index (χ1) is 11.8. The van der Waals surface area contributed by atoms with Crippen molar-refractivity contribution >= 4 is 29.2 Å². The third-order valence-corrected chi connectivity index (χ3v) is 2.86. The first kappa shape index (κ1) is 21.7. The van der Waals surface area contributed by atoms with Gasteiger partial charge in [-0.05, 0) is 32.1 Å². The lowest BCUT2D eigenvalue weighted by Crippen LogP contribution is -2.35. The van der Waals surface area contributed by atoms with Gasteiger partial charge >= 0.3 is 18.4 Å². The number of pyridine rings is 1. The fourth-order valence-corrected chi connectivity index (χ4v) is 1.66. The second-order valence-electron chi connectivity index (χ2n) is 4.64. The second-order valence-corrected chi connectivity index (χ2v) is 5.05. The number of anilines is 1. The Labute approximate surface area is 148 Å². The molecule has 1 aromatic heterocycles. The zero-order chi connectivity index (χ0) is 20.1. The number of amides is 1. The molecule has 0 aliphatic carbocycles. The molecule has 1 rings (SSSR count). The van der Waals surface area contributed by atoms with Crippen LogP contribution in [0, 0.1) is 0 Å². The fourth-order valence-electron chi connectivity index (χ4n) is 1.48. The Hall–Kier alpha value is -2.31. The lowest BCUT2D eigenvalue weighted by molar-refractivity contribution is -0.190. The van der Waals surface area contributed by atoms with E-state index in [4.69, 9.17) is 0 Å². The van der Waals surface area contributed by atoms with Crippen molar-refractivity contribution in [2.45, 2.75) is 32.3 Å². The highest BCUT2D eigenvalue weighted by Gasteiger charge is 2.39. The topological polar surface area (TPSA) is 72.5 Å². The molecule has 146 valence electrons. The molecule has 0 spiro atoms. The number of carbonyl (C=O) groups is 1. The summed E-state index contributed by atoms with van der Waals surface area (Å²) in [7, 11) is 0. The third-order valence-electron chi connectivity index (χ3n) is 2.66. The van der Waals surface area contributed by atoms with Crippen molar-refractivity contribution in [1.29, 1.82) is 0 Å². The summed E-state index contributed by atoms with van der Waals surface area (Å²) in [5.41, 5.74) is -1.32. The number of halogens is 6. The number of nitrogens with zero attached hydrogens (tertiary/aromatic N) is 1. The number of thiocarbonyl (C=S) groups is 1. The molecule has 1 heterocycles. The standard InChI is InChI=1S/C13H13F6N3O3S/c1-3-24-11(23)22-10(26)21-9-7(13(17,18)19)4-5-8(20-9)25-6(2)12(14,15)16/h4-6H,3H2,1-2H3,(H2,20,21,22,23,26). The van der Waals surface area contributed by atoms with Gasteiger partial charge in [-0.2, -0.15) is 31.3 Å². The van der Waals surface area contributed by atoms with Crippen molar-refractivity contribution in [2.24, 2.45) is 0 Å². The predicted molar refractivity (Wildman–Crippen MR) is 81.8 cm³/mol. The highest BCUT2D eigenvalue weighted by atomic mass is 32.1. The van der Waals surface area contributed by atoms with Crippen molar-refractivity contribution in [3.63, 3.8) is 0 Å². The molecule has 26 heavy (non-hydrogen) atoms. The quantitative estimate of drug-likeness (QED) is 0.585. The zero-order valence-electron chi connectivity index (χ0n) is 13.3. The summed E-state index contributed by atoms with van der Waals surface area (Å²) in [5.74, 6) is -1.66. The predicted octanol–water partition coefficient (Wildman–Crippen LogP) is 3.87. The van der Waals surface area contributed by atoms with Crippen LogP contribution in [0.1, 0.15) is 19.4 Å². The first-order valence-electron chi connectivity index (χ1n) is 6.91. The van der Waals surface area contributed by atoms with Gasteiger partial charge in [0.25, 0.3) is 0 Å². The molecule has 13 heteroatoms. The van der Waals surface area contributed by atoms with Crippen molar-refractivity contribution in [1.82, 2.24) is 10.3 Å². The summed E-state index contributed by atoms with van der Waals surface area (Å²) in [6.45, 7) is 2.14. The number of carbonyl (C=O) groups excluding carboxylic acids is 1. The van der Waals surface area contributed by atoms with E-state index in [2.05, 4.69) is 26.7 Å². The maximum absolute atomic E-state index is 13.0. The Morgan fingerprint density at radius 2 is 1.88 bits per heavy atom. The van der Waals surface area contributed by atoms with Crippen LogP contribution in [0.4, 0.5) is 37.0 Å². The van der Waals surface area contributed by atoms with E-state index in [-0.39, 0.29) is 6.61 Å². The van der Waals surface area contributed by atoms with E-state index >= 15 is 0 Å². The van der Waals surface area contributed by atoms with Crippen molar-refractivity contribution in [2.75, 3.05) is 11.9 Å². The van der Waals surface area contributed by atoms with E-state index in [9.17, 15) is 31.1 Å². The Morgan fingerprint density at radius 3 is 2.38 bits per heavy atom. The number of hydrogen-bond acceptors (Lipinski definition) is 5. The monoisotopic (exact) mass is 405 g/mol. The number of aromatic nitrogens is 1. The van der Waals surface area contributed by atoms with E-state index < -0.39 is 46.9 Å². The molecule has 0 saturated carbocycles. The van der Waals surface area contributed by atoms with Crippen molar-refractivity contribution in [3.05, 3.63) is 17.7 Å². The molecule has 0 aliphatic heterocycles. The van der Waals surface area contributed by atoms with Crippen LogP contribution in [0.25, 0.3) is 0 Å². The molecule has 0 aliphatic rings. The SMILES string of the molecule is CCOC(=O)NC(=S)Nc1nc(OC(C)C(F)(F)F)ccc1C(F)(F)F. The van der Waals surface area contributed by atoms with Crippen LogP contribution in [0.3, 0.4) is 0 Å².